The number of esters is 1. The number of rotatable bonds is 11. The van der Waals surface area contributed by atoms with Crippen LogP contribution in [0.5, 0.6) is 0 Å². The molecule has 3 saturated heterocycles. The second-order valence-corrected chi connectivity index (χ2v) is 17.8. The molecule has 3 fully saturated rings. The first-order valence-corrected chi connectivity index (χ1v) is 21.3. The maximum atomic E-state index is 13.1. The van der Waals surface area contributed by atoms with Gasteiger partial charge in [0.25, 0.3) is 0 Å². The van der Waals surface area contributed by atoms with Crippen LogP contribution in [0.2, 0.25) is 0 Å². The predicted octanol–water partition coefficient (Wildman–Crippen LogP) is 2.33. The molecule has 0 spiro atoms. The first-order chi connectivity index (χ1) is 27.8. The van der Waals surface area contributed by atoms with Crippen LogP contribution in [0.4, 0.5) is 0 Å². The normalized spacial score (nSPS) is 45.8. The number of nitrogens with zero attached hydrogens (tertiary/aromatic N) is 2. The summed E-state index contributed by atoms with van der Waals surface area (Å²) >= 11 is 0. The third kappa shape index (κ3) is 13.3. The van der Waals surface area contributed by atoms with Crippen molar-refractivity contribution in [2.45, 2.75) is 190 Å². The molecule has 0 radical (unpaired) electrons. The minimum Gasteiger partial charge on any atom is -0.462 e. The second-order valence-electron chi connectivity index (χ2n) is 17.8. The van der Waals surface area contributed by atoms with Crippen molar-refractivity contribution in [3.05, 3.63) is 24.3 Å². The van der Waals surface area contributed by atoms with Crippen LogP contribution in [0.1, 0.15) is 86.5 Å². The Kier molecular flexibility index (Phi) is 18.9. The van der Waals surface area contributed by atoms with Gasteiger partial charge in [-0.15, -0.1) is 0 Å². The summed E-state index contributed by atoms with van der Waals surface area (Å²) in [5.41, 5.74) is -1.47. The van der Waals surface area contributed by atoms with Crippen LogP contribution in [0.25, 0.3) is 0 Å². The average molecular weight is 843 g/mol. The number of methoxy groups -OCH3 is 1. The van der Waals surface area contributed by atoms with Gasteiger partial charge in [0.05, 0.1) is 54.7 Å². The number of aldehydes is 1. The van der Waals surface area contributed by atoms with E-state index in [-0.39, 0.29) is 30.9 Å². The highest BCUT2D eigenvalue weighted by atomic mass is 16.7. The van der Waals surface area contributed by atoms with E-state index in [1.807, 2.05) is 52.2 Å². The van der Waals surface area contributed by atoms with Gasteiger partial charge in [-0.1, -0.05) is 31.2 Å². The van der Waals surface area contributed by atoms with E-state index in [4.69, 9.17) is 37.9 Å². The number of likely N-dealkylation sites (N-methyl/N-ethyl adjacent to an activating group) is 2. The number of aliphatic hydroxyl groups is 4. The summed E-state index contributed by atoms with van der Waals surface area (Å²) in [6, 6.07) is -0.466. The van der Waals surface area contributed by atoms with Crippen LogP contribution in [-0.4, -0.2) is 181 Å². The molecular weight excluding hydrogens is 768 g/mol. The van der Waals surface area contributed by atoms with Gasteiger partial charge in [-0.3, -0.25) is 4.79 Å². The smallest absolute Gasteiger partial charge is 0.308 e. The van der Waals surface area contributed by atoms with Crippen molar-refractivity contribution in [3.8, 4) is 0 Å². The summed E-state index contributed by atoms with van der Waals surface area (Å²) < 4.78 is 50.0. The maximum absolute atomic E-state index is 13.1. The molecule has 16 nitrogen and oxygen atoms in total. The number of allylic oxidation sites excluding steroid dienone is 2. The lowest BCUT2D eigenvalue weighted by Gasteiger charge is -2.50. The molecule has 0 bridgehead atoms. The Morgan fingerprint density at radius 2 is 1.56 bits per heavy atom. The lowest BCUT2D eigenvalue weighted by Crippen LogP contribution is -2.65. The standard InChI is InChI=1S/C43H74N2O14/c1-24-21-29(19-20-46)39(59-42-37(49)36(45(9)10)38(27(4)56-42)58-35-23-43(6,51)41(50)28(5)55-35)40(52-11)31(47)22-33(48)53-25(2)15-13-12-14-16-32(24)57-34-18-17-30(44(7)8)26(3)54-34/h12-14,16,20,24-32,34-42,47,49-51H,15,17-19,21-23H2,1-11H3/b13-12+,16-14+/t24-,25-,26-,27-,28+,29+,30+,31-,32-,34+,35+,36-,37-,38-,39+,40+,41+,42+,43-/m1/s1. The highest BCUT2D eigenvalue weighted by Gasteiger charge is 2.52. The summed E-state index contributed by atoms with van der Waals surface area (Å²) in [6.07, 6.45) is -1.56. The van der Waals surface area contributed by atoms with Crippen LogP contribution in [0.15, 0.2) is 24.3 Å². The first kappa shape index (κ1) is 49.8. The summed E-state index contributed by atoms with van der Waals surface area (Å²) in [4.78, 5) is 29.5. The second kappa shape index (κ2) is 22.5. The van der Waals surface area contributed by atoms with E-state index >= 15 is 0 Å². The van der Waals surface area contributed by atoms with E-state index in [1.165, 1.54) is 14.0 Å². The molecule has 19 atom stereocenters. The van der Waals surface area contributed by atoms with Crippen LogP contribution in [0.3, 0.4) is 0 Å². The van der Waals surface area contributed by atoms with Crippen LogP contribution in [-0.2, 0) is 47.5 Å². The molecular formula is C43H74N2O14. The van der Waals surface area contributed by atoms with Gasteiger partial charge in [-0.25, -0.2) is 0 Å². The summed E-state index contributed by atoms with van der Waals surface area (Å²) in [5.74, 6) is -1.47. The minimum atomic E-state index is -1.47. The topological polar surface area (TPSA) is 195 Å². The SMILES string of the molecule is CO[C@@H]1[C@@H](O[C@@H]2O[C@H](C)[C@@H](O[C@H]3C[C@@](C)(O)[C@@H](O)[C@H](C)O3)[C@H](N(C)C)[C@H]2O)[C@@H](CC=O)C[C@@H](C)[C@H](O[C@H]2CC[C@H](N(C)C)[C@@H](C)O2)/C=C/C=C/C[C@@H](C)OC(=O)C[C@H]1O. The Morgan fingerprint density at radius 3 is 2.17 bits per heavy atom. The van der Waals surface area contributed by atoms with Crippen molar-refractivity contribution in [2.75, 3.05) is 35.3 Å². The van der Waals surface area contributed by atoms with Crippen molar-refractivity contribution in [2.24, 2.45) is 11.8 Å². The zero-order valence-electron chi connectivity index (χ0n) is 37.0. The van der Waals surface area contributed by atoms with E-state index in [0.29, 0.717) is 19.3 Å². The molecule has 16 heteroatoms. The fourth-order valence-corrected chi connectivity index (χ4v) is 9.10. The molecule has 0 aromatic carbocycles. The van der Waals surface area contributed by atoms with Gasteiger partial charge in [-0.2, -0.15) is 0 Å². The van der Waals surface area contributed by atoms with E-state index in [0.717, 1.165) is 12.7 Å². The van der Waals surface area contributed by atoms with Crippen LogP contribution < -0.4 is 0 Å². The molecule has 4 rings (SSSR count). The van der Waals surface area contributed by atoms with Gasteiger partial charge < -0.3 is 72.9 Å². The average Bonchev–Trinajstić information content (AvgIpc) is 3.13. The molecule has 4 N–H and O–H groups in total. The molecule has 0 aliphatic carbocycles. The minimum absolute atomic E-state index is 0.00885. The number of aliphatic hydroxyl groups excluding tert-OH is 3. The Balaban J connectivity index is 1.66. The molecule has 0 amide bonds. The molecule has 4 heterocycles. The highest BCUT2D eigenvalue weighted by molar-refractivity contribution is 5.70. The number of hydrogen-bond acceptors (Lipinski definition) is 16. The Hall–Kier alpha value is -1.90. The van der Waals surface area contributed by atoms with Crippen LogP contribution >= 0.6 is 0 Å². The zero-order chi connectivity index (χ0) is 43.8. The fourth-order valence-electron chi connectivity index (χ4n) is 9.10. The van der Waals surface area contributed by atoms with E-state index in [9.17, 15) is 30.0 Å². The molecule has 0 aromatic rings. The van der Waals surface area contributed by atoms with Crippen molar-refractivity contribution in [1.29, 1.82) is 0 Å². The number of ether oxygens (including phenoxy) is 8. The van der Waals surface area contributed by atoms with Gasteiger partial charge in [-0.05, 0) is 93.9 Å². The van der Waals surface area contributed by atoms with Gasteiger partial charge in [0, 0.05) is 32.4 Å². The Bertz CT molecular complexity index is 1370. The van der Waals surface area contributed by atoms with Gasteiger partial charge in [0.15, 0.2) is 18.9 Å². The summed E-state index contributed by atoms with van der Waals surface area (Å²) in [7, 11) is 9.03. The predicted molar refractivity (Wildman–Crippen MR) is 217 cm³/mol. The van der Waals surface area contributed by atoms with Crippen molar-refractivity contribution in [1.82, 2.24) is 9.80 Å². The quantitative estimate of drug-likeness (QED) is 0.175. The number of carbonyl (C=O) groups excluding carboxylic acids is 2. The van der Waals surface area contributed by atoms with E-state index in [1.54, 1.807) is 39.8 Å². The van der Waals surface area contributed by atoms with Crippen LogP contribution in [0, 0.1) is 11.8 Å². The monoisotopic (exact) mass is 843 g/mol. The van der Waals surface area contributed by atoms with Gasteiger partial charge in [0.1, 0.15) is 36.8 Å². The molecule has 4 aliphatic heterocycles. The lowest BCUT2D eigenvalue weighted by atomic mass is 9.82. The van der Waals surface area contributed by atoms with Crippen molar-refractivity contribution in [3.63, 3.8) is 0 Å². The molecule has 0 unspecified atom stereocenters. The summed E-state index contributed by atoms with van der Waals surface area (Å²) in [6.45, 7) is 10.8. The number of carbonyl (C=O) groups is 2. The molecule has 59 heavy (non-hydrogen) atoms. The highest BCUT2D eigenvalue weighted by Crippen LogP contribution is 2.37. The number of hydrogen-bond donors (Lipinski definition) is 4. The Morgan fingerprint density at radius 1 is 0.864 bits per heavy atom. The van der Waals surface area contributed by atoms with E-state index in [2.05, 4.69) is 4.90 Å². The fraction of sp³-hybridized carbons (Fsp3) is 0.860. The summed E-state index contributed by atoms with van der Waals surface area (Å²) in [5, 5.41) is 45.1. The molecule has 0 aromatic heterocycles. The zero-order valence-corrected chi connectivity index (χ0v) is 37.0. The third-order valence-corrected chi connectivity index (χ3v) is 12.4. The molecule has 340 valence electrons. The van der Waals surface area contributed by atoms with Crippen molar-refractivity contribution < 1.29 is 67.9 Å². The van der Waals surface area contributed by atoms with E-state index < -0.39 is 110 Å². The maximum Gasteiger partial charge on any atom is 0.308 e. The third-order valence-electron chi connectivity index (χ3n) is 12.4. The first-order valence-electron chi connectivity index (χ1n) is 21.3. The number of cyclic esters (lactones) is 1. The molecule has 4 aliphatic rings. The lowest BCUT2D eigenvalue weighted by molar-refractivity contribution is -0.344. The molecule has 0 saturated carbocycles. The largest absolute Gasteiger partial charge is 0.462 e. The van der Waals surface area contributed by atoms with Gasteiger partial charge in [0.2, 0.25) is 0 Å². The van der Waals surface area contributed by atoms with Gasteiger partial charge >= 0.3 is 5.97 Å². The van der Waals surface area contributed by atoms with Crippen molar-refractivity contribution >= 4 is 12.3 Å². The Labute approximate surface area is 351 Å².